The molecule has 0 heterocycles. The molecule has 4 aliphatic rings. The minimum Gasteiger partial charge on any atom is -0.513 e. The van der Waals surface area contributed by atoms with E-state index < -0.39 is 0 Å². The Morgan fingerprint density at radius 2 is 1.73 bits per heavy atom. The molecule has 0 aromatic rings. The van der Waals surface area contributed by atoms with Crippen molar-refractivity contribution in [2.75, 3.05) is 0 Å². The summed E-state index contributed by atoms with van der Waals surface area (Å²) in [6, 6.07) is 0. The lowest BCUT2D eigenvalue weighted by atomic mass is 9.44. The average molecular weight is 359 g/mol. The summed E-state index contributed by atoms with van der Waals surface area (Å²) in [5, 5.41) is 9.54. The predicted molar refractivity (Wildman–Crippen MR) is 110 cm³/mol. The molecule has 4 aliphatic carbocycles. The third-order valence-corrected chi connectivity index (χ3v) is 10.2. The van der Waals surface area contributed by atoms with Crippen LogP contribution in [0.3, 0.4) is 0 Å². The van der Waals surface area contributed by atoms with Crippen molar-refractivity contribution in [2.24, 2.45) is 46.3 Å². The highest BCUT2D eigenvalue weighted by atomic mass is 16.3. The Bertz CT molecular complexity index is 538. The van der Waals surface area contributed by atoms with Crippen LogP contribution in [0.4, 0.5) is 0 Å². The Hall–Kier alpha value is -0.460. The van der Waals surface area contributed by atoms with Gasteiger partial charge in [-0.1, -0.05) is 40.2 Å². The van der Waals surface area contributed by atoms with Crippen LogP contribution in [0.1, 0.15) is 97.8 Å². The van der Waals surface area contributed by atoms with Gasteiger partial charge in [-0.05, 0) is 104 Å². The zero-order chi connectivity index (χ0) is 18.5. The Labute approximate surface area is 162 Å². The number of fused-ring (bicyclic) bond motifs is 5. The average Bonchev–Trinajstić information content (AvgIpc) is 2.96. The van der Waals surface area contributed by atoms with Crippen molar-refractivity contribution in [2.45, 2.75) is 97.8 Å². The van der Waals surface area contributed by atoms with Crippen molar-refractivity contribution in [3.63, 3.8) is 0 Å². The molecule has 0 aromatic carbocycles. The summed E-state index contributed by atoms with van der Waals surface area (Å²) in [6.45, 7) is 11.5. The maximum absolute atomic E-state index is 9.54. The van der Waals surface area contributed by atoms with Crippen molar-refractivity contribution < 1.29 is 5.11 Å². The van der Waals surface area contributed by atoms with Gasteiger partial charge in [-0.25, -0.2) is 0 Å². The Balaban J connectivity index is 1.52. The molecule has 0 aromatic heterocycles. The fourth-order valence-corrected chi connectivity index (χ4v) is 8.87. The van der Waals surface area contributed by atoms with Crippen LogP contribution in [0.15, 0.2) is 12.3 Å². The standard InChI is InChI=1S/C25H42O/c1-17(8-9-18(2)26)21-12-13-22-20-11-10-19-7-5-6-15-24(19,3)23(20)14-16-25(21,22)4/h17,19-23,26H,2,5-16H2,1,3-4H3/t17-,19?,20+,21-,22?,23?,24+,25-/m1/s1. The second-order valence-electron chi connectivity index (χ2n) is 11.2. The maximum atomic E-state index is 9.54. The molecule has 1 heteroatoms. The van der Waals surface area contributed by atoms with E-state index in [1.807, 2.05) is 0 Å². The molecule has 1 nitrogen and oxygen atoms in total. The number of hydrogen-bond acceptors (Lipinski definition) is 1. The van der Waals surface area contributed by atoms with E-state index >= 15 is 0 Å². The van der Waals surface area contributed by atoms with Crippen LogP contribution in [0.5, 0.6) is 0 Å². The van der Waals surface area contributed by atoms with Crippen LogP contribution in [0.25, 0.3) is 0 Å². The smallest absolute Gasteiger partial charge is 0.0851 e. The summed E-state index contributed by atoms with van der Waals surface area (Å²) >= 11 is 0. The minimum atomic E-state index is 0.379. The zero-order valence-electron chi connectivity index (χ0n) is 17.6. The summed E-state index contributed by atoms with van der Waals surface area (Å²) in [4.78, 5) is 0. The summed E-state index contributed by atoms with van der Waals surface area (Å²) in [5.41, 5.74) is 1.23. The topological polar surface area (TPSA) is 20.2 Å². The molecule has 8 atom stereocenters. The molecule has 0 saturated heterocycles. The summed E-state index contributed by atoms with van der Waals surface area (Å²) < 4.78 is 0. The van der Waals surface area contributed by atoms with Crippen molar-refractivity contribution in [3.05, 3.63) is 12.3 Å². The number of aliphatic hydroxyl groups excluding tert-OH is 1. The molecule has 0 radical (unpaired) electrons. The van der Waals surface area contributed by atoms with Gasteiger partial charge in [0.2, 0.25) is 0 Å². The van der Waals surface area contributed by atoms with E-state index in [0.29, 0.717) is 16.6 Å². The largest absolute Gasteiger partial charge is 0.513 e. The number of allylic oxidation sites excluding steroid dienone is 1. The Morgan fingerprint density at radius 1 is 0.962 bits per heavy atom. The monoisotopic (exact) mass is 358 g/mol. The van der Waals surface area contributed by atoms with Crippen LogP contribution in [0, 0.1) is 46.3 Å². The first-order valence-corrected chi connectivity index (χ1v) is 11.7. The van der Waals surface area contributed by atoms with Gasteiger partial charge in [0.25, 0.3) is 0 Å². The van der Waals surface area contributed by atoms with Crippen molar-refractivity contribution in [1.29, 1.82) is 0 Å². The number of hydrogen-bond donors (Lipinski definition) is 1. The lowest BCUT2D eigenvalue weighted by Crippen LogP contribution is -2.53. The van der Waals surface area contributed by atoms with Gasteiger partial charge in [-0.2, -0.15) is 0 Å². The highest BCUT2D eigenvalue weighted by Gasteiger charge is 2.59. The van der Waals surface area contributed by atoms with Crippen LogP contribution < -0.4 is 0 Å². The SMILES string of the molecule is C=C(O)CC[C@@H](C)[C@H]1CCC2[C@@H]3CCC4CCCC[C@]4(C)C3CC[C@@]21C. The van der Waals surface area contributed by atoms with Crippen LogP contribution in [0.2, 0.25) is 0 Å². The third-order valence-electron chi connectivity index (χ3n) is 10.2. The molecule has 4 fully saturated rings. The van der Waals surface area contributed by atoms with Crippen molar-refractivity contribution in [3.8, 4) is 0 Å². The van der Waals surface area contributed by atoms with Gasteiger partial charge in [0.1, 0.15) is 0 Å². The van der Waals surface area contributed by atoms with Gasteiger partial charge in [-0.3, -0.25) is 0 Å². The highest BCUT2D eigenvalue weighted by Crippen LogP contribution is 2.68. The molecule has 0 amide bonds. The molecule has 4 rings (SSSR count). The van der Waals surface area contributed by atoms with E-state index in [2.05, 4.69) is 27.4 Å². The highest BCUT2D eigenvalue weighted by molar-refractivity contribution is 5.09. The fourth-order valence-electron chi connectivity index (χ4n) is 8.87. The van der Waals surface area contributed by atoms with E-state index in [9.17, 15) is 5.11 Å². The Kier molecular flexibility index (Phi) is 4.98. The lowest BCUT2D eigenvalue weighted by Gasteiger charge is -2.61. The zero-order valence-corrected chi connectivity index (χ0v) is 17.6. The summed E-state index contributed by atoms with van der Waals surface area (Å²) in [6.07, 6.45) is 16.9. The van der Waals surface area contributed by atoms with Gasteiger partial charge >= 0.3 is 0 Å². The van der Waals surface area contributed by atoms with Crippen LogP contribution >= 0.6 is 0 Å². The second kappa shape index (κ2) is 6.85. The van der Waals surface area contributed by atoms with Gasteiger partial charge in [0.15, 0.2) is 0 Å². The Morgan fingerprint density at radius 3 is 2.50 bits per heavy atom. The maximum Gasteiger partial charge on any atom is 0.0851 e. The molecule has 0 bridgehead atoms. The molecule has 148 valence electrons. The second-order valence-corrected chi connectivity index (χ2v) is 11.2. The molecule has 0 spiro atoms. The molecule has 4 saturated carbocycles. The number of rotatable bonds is 4. The van der Waals surface area contributed by atoms with E-state index in [4.69, 9.17) is 0 Å². The molecule has 3 unspecified atom stereocenters. The lowest BCUT2D eigenvalue weighted by molar-refractivity contribution is -0.114. The predicted octanol–water partition coefficient (Wildman–Crippen LogP) is 7.52. The van der Waals surface area contributed by atoms with Crippen molar-refractivity contribution in [1.82, 2.24) is 0 Å². The fraction of sp³-hybridized carbons (Fsp3) is 0.920. The molecule has 1 N–H and O–H groups in total. The quantitative estimate of drug-likeness (QED) is 0.515. The van der Waals surface area contributed by atoms with Crippen LogP contribution in [-0.4, -0.2) is 5.11 Å². The van der Waals surface area contributed by atoms with Gasteiger partial charge < -0.3 is 5.11 Å². The molecular formula is C25H42O. The molecule has 26 heavy (non-hydrogen) atoms. The molecular weight excluding hydrogens is 316 g/mol. The van der Waals surface area contributed by atoms with Crippen LogP contribution in [-0.2, 0) is 0 Å². The van der Waals surface area contributed by atoms with E-state index in [1.165, 1.54) is 64.2 Å². The van der Waals surface area contributed by atoms with Gasteiger partial charge in [-0.15, -0.1) is 0 Å². The first kappa shape index (κ1) is 18.9. The normalized spacial score (nSPS) is 49.0. The third kappa shape index (κ3) is 2.87. The van der Waals surface area contributed by atoms with E-state index in [-0.39, 0.29) is 0 Å². The van der Waals surface area contributed by atoms with Gasteiger partial charge in [0.05, 0.1) is 5.76 Å². The van der Waals surface area contributed by atoms with E-state index in [0.717, 1.165) is 48.3 Å². The molecule has 0 aliphatic heterocycles. The number of aliphatic hydroxyl groups is 1. The van der Waals surface area contributed by atoms with E-state index in [1.54, 1.807) is 0 Å². The van der Waals surface area contributed by atoms with Crippen molar-refractivity contribution >= 4 is 0 Å². The first-order chi connectivity index (χ1) is 12.4. The van der Waals surface area contributed by atoms with Gasteiger partial charge in [0, 0.05) is 6.42 Å². The first-order valence-electron chi connectivity index (χ1n) is 11.7. The summed E-state index contributed by atoms with van der Waals surface area (Å²) in [5.74, 6) is 6.02. The minimum absolute atomic E-state index is 0.379. The summed E-state index contributed by atoms with van der Waals surface area (Å²) in [7, 11) is 0.